The molecule has 0 amide bonds. The third kappa shape index (κ3) is 2.74. The fourth-order valence-electron chi connectivity index (χ4n) is 1.87. The summed E-state index contributed by atoms with van der Waals surface area (Å²) in [7, 11) is 0. The molecule has 0 spiro atoms. The summed E-state index contributed by atoms with van der Waals surface area (Å²) in [5.74, 6) is 0.757. The van der Waals surface area contributed by atoms with Crippen LogP contribution in [0, 0.1) is 6.92 Å². The topological polar surface area (TPSA) is 29.5 Å². The Balaban J connectivity index is 2.36. The van der Waals surface area contributed by atoms with Crippen LogP contribution in [0.3, 0.4) is 0 Å². The quantitative estimate of drug-likeness (QED) is 0.904. The Kier molecular flexibility index (Phi) is 4.04. The summed E-state index contributed by atoms with van der Waals surface area (Å²) in [5, 5.41) is 12.5. The van der Waals surface area contributed by atoms with Gasteiger partial charge in [-0.25, -0.2) is 0 Å². The molecule has 0 aliphatic carbocycles. The van der Waals surface area contributed by atoms with Gasteiger partial charge in [0.2, 0.25) is 0 Å². The van der Waals surface area contributed by atoms with E-state index in [4.69, 9.17) is 4.74 Å². The lowest BCUT2D eigenvalue weighted by Crippen LogP contribution is -2.09. The number of benzene rings is 1. The summed E-state index contributed by atoms with van der Waals surface area (Å²) in [6.45, 7) is 5.99. The van der Waals surface area contributed by atoms with E-state index in [1.165, 1.54) is 0 Å². The van der Waals surface area contributed by atoms with Crippen molar-refractivity contribution in [1.82, 2.24) is 0 Å². The van der Waals surface area contributed by atoms with Gasteiger partial charge in [-0.15, -0.1) is 11.3 Å². The van der Waals surface area contributed by atoms with Crippen molar-refractivity contribution in [1.29, 1.82) is 0 Å². The highest BCUT2D eigenvalue weighted by atomic mass is 32.1. The van der Waals surface area contributed by atoms with Gasteiger partial charge < -0.3 is 9.84 Å². The summed E-state index contributed by atoms with van der Waals surface area (Å²) >= 11 is 1.57. The Morgan fingerprint density at radius 3 is 2.50 bits per heavy atom. The Morgan fingerprint density at radius 2 is 1.89 bits per heavy atom. The summed E-state index contributed by atoms with van der Waals surface area (Å²) < 4.78 is 5.75. The fourth-order valence-corrected chi connectivity index (χ4v) is 2.80. The molecular formula is C15H18O2S. The zero-order chi connectivity index (χ0) is 13.1. The van der Waals surface area contributed by atoms with Crippen LogP contribution in [0.15, 0.2) is 35.7 Å². The molecule has 18 heavy (non-hydrogen) atoms. The van der Waals surface area contributed by atoms with Crippen LogP contribution in [-0.4, -0.2) is 11.2 Å². The Hall–Kier alpha value is -1.32. The van der Waals surface area contributed by atoms with Gasteiger partial charge in [0.15, 0.2) is 0 Å². The highest BCUT2D eigenvalue weighted by molar-refractivity contribution is 7.10. The Bertz CT molecular complexity index is 517. The number of ether oxygens (including phenoxy) is 1. The number of aliphatic hydroxyl groups is 1. The minimum absolute atomic E-state index is 0.0998. The van der Waals surface area contributed by atoms with Gasteiger partial charge in [0.1, 0.15) is 11.9 Å². The number of aryl methyl sites for hydroxylation is 1. The zero-order valence-electron chi connectivity index (χ0n) is 10.9. The van der Waals surface area contributed by atoms with Crippen molar-refractivity contribution in [2.45, 2.75) is 33.0 Å². The van der Waals surface area contributed by atoms with Crippen LogP contribution in [0.4, 0.5) is 0 Å². The molecule has 0 radical (unpaired) electrons. The van der Waals surface area contributed by atoms with E-state index in [2.05, 4.69) is 0 Å². The van der Waals surface area contributed by atoms with Crippen molar-refractivity contribution in [2.24, 2.45) is 0 Å². The van der Waals surface area contributed by atoms with Crippen LogP contribution < -0.4 is 4.74 Å². The van der Waals surface area contributed by atoms with Gasteiger partial charge in [-0.2, -0.15) is 0 Å². The molecule has 1 N–H and O–H groups in total. The second-order valence-electron chi connectivity index (χ2n) is 4.57. The van der Waals surface area contributed by atoms with Crippen molar-refractivity contribution in [3.8, 4) is 5.75 Å². The predicted molar refractivity (Wildman–Crippen MR) is 75.3 cm³/mol. The van der Waals surface area contributed by atoms with Crippen LogP contribution in [0.25, 0.3) is 0 Å². The summed E-state index contributed by atoms with van der Waals surface area (Å²) in [4.78, 5) is 0.981. The Morgan fingerprint density at radius 1 is 1.17 bits per heavy atom. The molecule has 1 heterocycles. The fraction of sp³-hybridized carbons (Fsp3) is 0.333. The minimum atomic E-state index is -0.611. The largest absolute Gasteiger partial charge is 0.491 e. The van der Waals surface area contributed by atoms with Crippen LogP contribution in [0.1, 0.15) is 36.0 Å². The van der Waals surface area contributed by atoms with Gasteiger partial charge in [0.25, 0.3) is 0 Å². The van der Waals surface area contributed by atoms with Gasteiger partial charge in [-0.1, -0.05) is 18.2 Å². The number of rotatable bonds is 4. The number of thiophene rings is 1. The summed E-state index contributed by atoms with van der Waals surface area (Å²) in [6.07, 6.45) is -0.511. The average Bonchev–Trinajstić information content (AvgIpc) is 2.74. The third-order valence-corrected chi connectivity index (χ3v) is 3.80. The van der Waals surface area contributed by atoms with E-state index >= 15 is 0 Å². The molecule has 1 aromatic carbocycles. The number of hydrogen-bond acceptors (Lipinski definition) is 3. The highest BCUT2D eigenvalue weighted by Crippen LogP contribution is 2.34. The van der Waals surface area contributed by atoms with Crippen molar-refractivity contribution < 1.29 is 9.84 Å². The highest BCUT2D eigenvalue weighted by Gasteiger charge is 2.18. The molecule has 0 aliphatic rings. The molecule has 2 rings (SSSR count). The first-order chi connectivity index (χ1) is 8.59. The molecule has 0 aliphatic heterocycles. The number of hydrogen-bond donors (Lipinski definition) is 1. The predicted octanol–water partition coefficient (Wildman–Crippen LogP) is 3.93. The van der Waals surface area contributed by atoms with Gasteiger partial charge in [-0.05, 0) is 43.8 Å². The van der Waals surface area contributed by atoms with E-state index in [1.807, 2.05) is 56.5 Å². The molecule has 2 nitrogen and oxygen atoms in total. The van der Waals surface area contributed by atoms with Gasteiger partial charge >= 0.3 is 0 Å². The van der Waals surface area contributed by atoms with E-state index in [1.54, 1.807) is 11.3 Å². The van der Waals surface area contributed by atoms with Crippen molar-refractivity contribution in [3.63, 3.8) is 0 Å². The number of para-hydroxylation sites is 1. The molecule has 1 unspecified atom stereocenters. The van der Waals surface area contributed by atoms with E-state index in [0.29, 0.717) is 0 Å². The maximum atomic E-state index is 10.5. The monoisotopic (exact) mass is 262 g/mol. The Labute approximate surface area is 112 Å². The molecule has 0 fully saturated rings. The molecule has 0 bridgehead atoms. The minimum Gasteiger partial charge on any atom is -0.491 e. The van der Waals surface area contributed by atoms with Crippen LogP contribution in [0.5, 0.6) is 5.75 Å². The molecule has 0 saturated heterocycles. The summed E-state index contributed by atoms with van der Waals surface area (Å²) in [5.41, 5.74) is 1.95. The first kappa shape index (κ1) is 13.1. The maximum Gasteiger partial charge on any atom is 0.125 e. The molecule has 1 atom stereocenters. The molecule has 0 saturated carbocycles. The van der Waals surface area contributed by atoms with Crippen LogP contribution in [-0.2, 0) is 0 Å². The van der Waals surface area contributed by atoms with Crippen molar-refractivity contribution >= 4 is 11.3 Å². The maximum absolute atomic E-state index is 10.5. The lowest BCUT2D eigenvalue weighted by atomic mass is 10.0. The van der Waals surface area contributed by atoms with Crippen molar-refractivity contribution in [3.05, 3.63) is 51.7 Å². The van der Waals surface area contributed by atoms with Gasteiger partial charge in [0.05, 0.1) is 6.10 Å². The first-order valence-corrected chi connectivity index (χ1v) is 6.95. The lowest BCUT2D eigenvalue weighted by Gasteiger charge is -2.17. The molecule has 3 heteroatoms. The van der Waals surface area contributed by atoms with Gasteiger partial charge in [0, 0.05) is 10.4 Å². The average molecular weight is 262 g/mol. The smallest absolute Gasteiger partial charge is 0.125 e. The third-order valence-electron chi connectivity index (χ3n) is 2.73. The molecular weight excluding hydrogens is 244 g/mol. The molecule has 1 aromatic heterocycles. The lowest BCUT2D eigenvalue weighted by molar-refractivity contribution is 0.200. The van der Waals surface area contributed by atoms with Gasteiger partial charge in [-0.3, -0.25) is 0 Å². The standard InChI is InChI=1S/C15H18O2S/c1-10(2)17-13-7-5-4-6-12(13)14(16)15-11(3)8-9-18-15/h4-10,14,16H,1-3H3. The SMILES string of the molecule is Cc1ccsc1C(O)c1ccccc1OC(C)C. The second-order valence-corrected chi connectivity index (χ2v) is 5.52. The summed E-state index contributed by atoms with van der Waals surface area (Å²) in [6, 6.07) is 9.70. The van der Waals surface area contributed by atoms with E-state index in [0.717, 1.165) is 21.8 Å². The zero-order valence-corrected chi connectivity index (χ0v) is 11.7. The normalized spacial score (nSPS) is 12.7. The van der Waals surface area contributed by atoms with Crippen molar-refractivity contribution in [2.75, 3.05) is 0 Å². The molecule has 2 aromatic rings. The number of aliphatic hydroxyl groups excluding tert-OH is 1. The molecule has 96 valence electrons. The van der Waals surface area contributed by atoms with E-state index in [9.17, 15) is 5.11 Å². The van der Waals surface area contributed by atoms with Crippen LogP contribution >= 0.6 is 11.3 Å². The van der Waals surface area contributed by atoms with Crippen LogP contribution in [0.2, 0.25) is 0 Å². The second kappa shape index (κ2) is 5.55. The first-order valence-electron chi connectivity index (χ1n) is 6.07. The van der Waals surface area contributed by atoms with E-state index in [-0.39, 0.29) is 6.10 Å². The van der Waals surface area contributed by atoms with E-state index < -0.39 is 6.10 Å².